The number of carbonyl (C=O) groups excluding carboxylic acids is 1. The van der Waals surface area contributed by atoms with Crippen molar-refractivity contribution in [3.63, 3.8) is 0 Å². The van der Waals surface area contributed by atoms with Crippen molar-refractivity contribution in [3.05, 3.63) is 36.0 Å². The minimum absolute atomic E-state index is 0.208. The third-order valence-corrected chi connectivity index (χ3v) is 6.26. The zero-order valence-corrected chi connectivity index (χ0v) is 15.7. The van der Waals surface area contributed by atoms with Gasteiger partial charge in [0.1, 0.15) is 0 Å². The first-order chi connectivity index (χ1) is 12.8. The number of rotatable bonds is 5. The molecule has 0 radical (unpaired) electrons. The van der Waals surface area contributed by atoms with Crippen molar-refractivity contribution in [2.24, 2.45) is 5.92 Å². The Kier molecular flexibility index (Phi) is 5.59. The number of aromatic amines is 1. The van der Waals surface area contributed by atoms with Gasteiger partial charge in [-0.15, -0.1) is 0 Å². The molecule has 1 saturated carbocycles. The number of nitrogens with zero attached hydrogens (tertiary/aromatic N) is 1. The summed E-state index contributed by atoms with van der Waals surface area (Å²) in [5.74, 6) is 1.50. The van der Waals surface area contributed by atoms with E-state index in [1.807, 2.05) is 0 Å². The summed E-state index contributed by atoms with van der Waals surface area (Å²) in [7, 11) is 0. The van der Waals surface area contributed by atoms with E-state index in [9.17, 15) is 4.79 Å². The van der Waals surface area contributed by atoms with Crippen LogP contribution in [0.5, 0.6) is 0 Å². The van der Waals surface area contributed by atoms with Gasteiger partial charge in [-0.05, 0) is 62.2 Å². The molecule has 4 heteroatoms. The normalized spacial score (nSPS) is 20.5. The van der Waals surface area contributed by atoms with E-state index in [1.54, 1.807) is 0 Å². The highest BCUT2D eigenvalue weighted by molar-refractivity contribution is 5.80. The van der Waals surface area contributed by atoms with E-state index in [0.29, 0.717) is 18.4 Å². The standard InChI is InChI=1S/C22H31N3O/c26-22(23-15-17-6-2-1-3-7-17)16-25-12-10-18(11-13-25)21-14-19-8-4-5-9-20(19)24-21/h4-5,8-9,14,17-18,24H,1-3,6-7,10-13,15-16H2,(H,23,26). The number of amides is 1. The number of likely N-dealkylation sites (tertiary alicyclic amines) is 1. The Labute approximate surface area is 156 Å². The number of carbonyl (C=O) groups is 1. The number of benzene rings is 1. The van der Waals surface area contributed by atoms with Crippen LogP contribution in [0.2, 0.25) is 0 Å². The van der Waals surface area contributed by atoms with E-state index in [1.165, 1.54) is 48.7 Å². The highest BCUT2D eigenvalue weighted by atomic mass is 16.2. The van der Waals surface area contributed by atoms with Gasteiger partial charge in [-0.3, -0.25) is 9.69 Å². The van der Waals surface area contributed by atoms with E-state index in [4.69, 9.17) is 0 Å². The van der Waals surface area contributed by atoms with Crippen molar-refractivity contribution < 1.29 is 4.79 Å². The highest BCUT2D eigenvalue weighted by Gasteiger charge is 2.23. The zero-order valence-electron chi connectivity index (χ0n) is 15.7. The third kappa shape index (κ3) is 4.29. The second kappa shape index (κ2) is 8.26. The average Bonchev–Trinajstić information content (AvgIpc) is 3.12. The van der Waals surface area contributed by atoms with Crippen LogP contribution >= 0.6 is 0 Å². The Balaban J connectivity index is 1.22. The molecule has 2 fully saturated rings. The van der Waals surface area contributed by atoms with Gasteiger partial charge in [-0.1, -0.05) is 37.5 Å². The van der Waals surface area contributed by atoms with E-state index in [-0.39, 0.29) is 5.91 Å². The first-order valence-corrected chi connectivity index (χ1v) is 10.3. The molecule has 2 N–H and O–H groups in total. The van der Waals surface area contributed by atoms with Crippen molar-refractivity contribution in [1.29, 1.82) is 0 Å². The van der Waals surface area contributed by atoms with Crippen LogP contribution in [0.4, 0.5) is 0 Å². The number of piperidine rings is 1. The fraction of sp³-hybridized carbons (Fsp3) is 0.591. The molecule has 26 heavy (non-hydrogen) atoms. The summed E-state index contributed by atoms with van der Waals surface area (Å²) in [4.78, 5) is 18.2. The Morgan fingerprint density at radius 2 is 1.85 bits per heavy atom. The van der Waals surface area contributed by atoms with Crippen LogP contribution in [0.15, 0.2) is 30.3 Å². The lowest BCUT2D eigenvalue weighted by Crippen LogP contribution is -2.42. The van der Waals surface area contributed by atoms with Gasteiger partial charge < -0.3 is 10.3 Å². The van der Waals surface area contributed by atoms with Crippen LogP contribution in [0.3, 0.4) is 0 Å². The van der Waals surface area contributed by atoms with Crippen molar-refractivity contribution in [3.8, 4) is 0 Å². The van der Waals surface area contributed by atoms with Crippen molar-refractivity contribution in [1.82, 2.24) is 15.2 Å². The van der Waals surface area contributed by atoms with Crippen LogP contribution in [0, 0.1) is 5.92 Å². The third-order valence-electron chi connectivity index (χ3n) is 6.26. The molecule has 1 saturated heterocycles. The summed E-state index contributed by atoms with van der Waals surface area (Å²) < 4.78 is 0. The van der Waals surface area contributed by atoms with Gasteiger partial charge >= 0.3 is 0 Å². The average molecular weight is 354 g/mol. The number of hydrogen-bond donors (Lipinski definition) is 2. The van der Waals surface area contributed by atoms with Gasteiger partial charge in [0.2, 0.25) is 5.91 Å². The Morgan fingerprint density at radius 3 is 2.62 bits per heavy atom. The minimum atomic E-state index is 0.208. The molecule has 140 valence electrons. The fourth-order valence-corrected chi connectivity index (χ4v) is 4.63. The number of H-pyrrole nitrogens is 1. The summed E-state index contributed by atoms with van der Waals surface area (Å²) in [6.45, 7) is 3.46. The van der Waals surface area contributed by atoms with E-state index in [0.717, 1.165) is 32.5 Å². The molecule has 1 amide bonds. The van der Waals surface area contributed by atoms with E-state index >= 15 is 0 Å². The molecule has 1 aliphatic carbocycles. The SMILES string of the molecule is O=C(CN1CCC(c2cc3ccccc3[nH]2)CC1)NCC1CCCCC1. The number of nitrogens with one attached hydrogen (secondary N) is 2. The lowest BCUT2D eigenvalue weighted by atomic mass is 9.89. The van der Waals surface area contributed by atoms with Crippen molar-refractivity contribution in [2.45, 2.75) is 50.9 Å². The molecule has 0 unspecified atom stereocenters. The largest absolute Gasteiger partial charge is 0.358 e. The molecule has 1 aromatic carbocycles. The number of hydrogen-bond acceptors (Lipinski definition) is 2. The van der Waals surface area contributed by atoms with E-state index < -0.39 is 0 Å². The maximum atomic E-state index is 12.3. The van der Waals surface area contributed by atoms with Crippen molar-refractivity contribution in [2.75, 3.05) is 26.2 Å². The second-order valence-corrected chi connectivity index (χ2v) is 8.17. The first-order valence-electron chi connectivity index (χ1n) is 10.3. The fourth-order valence-electron chi connectivity index (χ4n) is 4.63. The predicted molar refractivity (Wildman–Crippen MR) is 106 cm³/mol. The number of aromatic nitrogens is 1. The lowest BCUT2D eigenvalue weighted by molar-refractivity contribution is -0.122. The molecule has 1 aliphatic heterocycles. The summed E-state index contributed by atoms with van der Waals surface area (Å²) in [5.41, 5.74) is 2.58. The molecule has 2 aliphatic rings. The summed E-state index contributed by atoms with van der Waals surface area (Å²) in [6.07, 6.45) is 8.87. The monoisotopic (exact) mass is 353 g/mol. The lowest BCUT2D eigenvalue weighted by Gasteiger charge is -2.31. The Hall–Kier alpha value is -1.81. The topological polar surface area (TPSA) is 48.1 Å². The molecule has 2 aromatic rings. The molecular weight excluding hydrogens is 322 g/mol. The van der Waals surface area contributed by atoms with Crippen LogP contribution in [0.1, 0.15) is 56.6 Å². The van der Waals surface area contributed by atoms with Crippen LogP contribution < -0.4 is 5.32 Å². The summed E-state index contributed by atoms with van der Waals surface area (Å²) in [6, 6.07) is 10.8. The minimum Gasteiger partial charge on any atom is -0.358 e. The summed E-state index contributed by atoms with van der Waals surface area (Å²) >= 11 is 0. The molecule has 4 rings (SSSR count). The summed E-state index contributed by atoms with van der Waals surface area (Å²) in [5, 5.41) is 4.47. The molecule has 0 bridgehead atoms. The molecular formula is C22H31N3O. The second-order valence-electron chi connectivity index (χ2n) is 8.17. The molecule has 2 heterocycles. The van der Waals surface area contributed by atoms with Gasteiger partial charge in [-0.25, -0.2) is 0 Å². The van der Waals surface area contributed by atoms with Crippen LogP contribution in [-0.2, 0) is 4.79 Å². The van der Waals surface area contributed by atoms with Crippen LogP contribution in [-0.4, -0.2) is 42.0 Å². The van der Waals surface area contributed by atoms with Gasteiger partial charge in [0.25, 0.3) is 0 Å². The van der Waals surface area contributed by atoms with Gasteiger partial charge in [-0.2, -0.15) is 0 Å². The smallest absolute Gasteiger partial charge is 0.234 e. The Bertz CT molecular complexity index is 691. The predicted octanol–water partition coefficient (Wildman–Crippen LogP) is 4.04. The molecule has 0 spiro atoms. The van der Waals surface area contributed by atoms with Crippen molar-refractivity contribution >= 4 is 16.8 Å². The number of fused-ring (bicyclic) bond motifs is 1. The van der Waals surface area contributed by atoms with Gasteiger partial charge in [0, 0.05) is 23.7 Å². The maximum absolute atomic E-state index is 12.3. The van der Waals surface area contributed by atoms with Crippen LogP contribution in [0.25, 0.3) is 10.9 Å². The molecule has 4 nitrogen and oxygen atoms in total. The van der Waals surface area contributed by atoms with E-state index in [2.05, 4.69) is 45.5 Å². The van der Waals surface area contributed by atoms with Gasteiger partial charge in [0.05, 0.1) is 6.54 Å². The zero-order chi connectivity index (χ0) is 17.8. The number of para-hydroxylation sites is 1. The molecule has 0 atom stereocenters. The maximum Gasteiger partial charge on any atom is 0.234 e. The Morgan fingerprint density at radius 1 is 1.08 bits per heavy atom. The molecule has 1 aromatic heterocycles. The van der Waals surface area contributed by atoms with Gasteiger partial charge in [0.15, 0.2) is 0 Å². The highest BCUT2D eigenvalue weighted by Crippen LogP contribution is 2.29. The quantitative estimate of drug-likeness (QED) is 0.852. The first kappa shape index (κ1) is 17.6.